The van der Waals surface area contributed by atoms with Gasteiger partial charge in [0.05, 0.1) is 0 Å². The Bertz CT molecular complexity index is 130. The van der Waals surface area contributed by atoms with Crippen molar-refractivity contribution in [3.05, 3.63) is 12.7 Å². The molecule has 0 atom stereocenters. The summed E-state index contributed by atoms with van der Waals surface area (Å²) in [6, 6.07) is 0. The molecule has 0 aromatic carbocycles. The van der Waals surface area contributed by atoms with E-state index in [1.807, 2.05) is 0 Å². The second kappa shape index (κ2) is 6.01. The summed E-state index contributed by atoms with van der Waals surface area (Å²) >= 11 is 0. The molecular weight excluding hydrogens is 131 g/mol. The summed E-state index contributed by atoms with van der Waals surface area (Å²) in [5, 5.41) is 0. The van der Waals surface area contributed by atoms with Crippen LogP contribution in [0.1, 0.15) is 6.92 Å². The molecule has 0 saturated carbocycles. The van der Waals surface area contributed by atoms with Gasteiger partial charge in [-0.15, -0.1) is 0 Å². The normalized spacial score (nSPS) is 6.78. The molecule has 9 heavy (non-hydrogen) atoms. The van der Waals surface area contributed by atoms with Crippen molar-refractivity contribution in [3.63, 3.8) is 0 Å². The van der Waals surface area contributed by atoms with E-state index in [-0.39, 0.29) is 29.6 Å². The van der Waals surface area contributed by atoms with Crippen molar-refractivity contribution in [1.29, 1.82) is 0 Å². The molecule has 0 radical (unpaired) electrons. The van der Waals surface area contributed by atoms with Gasteiger partial charge in [0.2, 0.25) is 0 Å². The fraction of sp³-hybridized carbons (Fsp3) is 0.200. The van der Waals surface area contributed by atoms with E-state index in [0.29, 0.717) is 0 Å². The number of carbonyl (C=O) groups is 2. The molecule has 0 saturated heterocycles. The Labute approximate surface area is 75.4 Å². The summed E-state index contributed by atoms with van der Waals surface area (Å²) in [5.74, 6) is -1.33. The van der Waals surface area contributed by atoms with Crippen LogP contribution in [0.25, 0.3) is 0 Å². The van der Waals surface area contributed by atoms with Crippen molar-refractivity contribution in [2.75, 3.05) is 0 Å². The molecule has 0 N–H and O–H groups in total. The maximum absolute atomic E-state index is 10.1. The average Bonchev–Trinajstić information content (AvgIpc) is 1.65. The molecule has 0 aliphatic carbocycles. The monoisotopic (exact) mass is 138 g/mol. The molecule has 0 spiro atoms. The Morgan fingerprint density at radius 1 is 1.56 bits per heavy atom. The standard InChI is InChI=1S/C5H6O3.Na.H/c1-3-5(7)8-4(2)6;;/h3H,1H2,2H3;;. The summed E-state index contributed by atoms with van der Waals surface area (Å²) in [7, 11) is 0. The summed E-state index contributed by atoms with van der Waals surface area (Å²) in [4.78, 5) is 20.0. The van der Waals surface area contributed by atoms with Gasteiger partial charge in [0.1, 0.15) is 0 Å². The third-order valence-corrected chi connectivity index (χ3v) is 0.411. The zero-order valence-electron chi connectivity index (χ0n) is 4.51. The Morgan fingerprint density at radius 2 is 2.00 bits per heavy atom. The SMILES string of the molecule is C=CC(=O)OC(C)=O.[NaH]. The first-order valence-corrected chi connectivity index (χ1v) is 2.01. The summed E-state index contributed by atoms with van der Waals surface area (Å²) < 4.78 is 4.00. The minimum atomic E-state index is -0.711. The maximum atomic E-state index is 10.1. The van der Waals surface area contributed by atoms with Gasteiger partial charge in [-0.25, -0.2) is 4.79 Å². The van der Waals surface area contributed by atoms with Crippen LogP contribution in [0.4, 0.5) is 0 Å². The van der Waals surface area contributed by atoms with Crippen molar-refractivity contribution < 1.29 is 14.3 Å². The van der Waals surface area contributed by atoms with Gasteiger partial charge in [0.25, 0.3) is 0 Å². The Hall–Kier alpha value is -0.120. The topological polar surface area (TPSA) is 43.4 Å². The van der Waals surface area contributed by atoms with Crippen LogP contribution in [0, 0.1) is 0 Å². The number of esters is 2. The zero-order chi connectivity index (χ0) is 6.57. The second-order valence-electron chi connectivity index (χ2n) is 1.12. The van der Waals surface area contributed by atoms with Crippen LogP contribution < -0.4 is 0 Å². The van der Waals surface area contributed by atoms with E-state index < -0.39 is 11.9 Å². The second-order valence-corrected chi connectivity index (χ2v) is 1.12. The van der Waals surface area contributed by atoms with E-state index in [1.165, 1.54) is 0 Å². The van der Waals surface area contributed by atoms with E-state index in [2.05, 4.69) is 11.3 Å². The molecule has 0 bridgehead atoms. The minimum absolute atomic E-state index is 0. The van der Waals surface area contributed by atoms with Crippen LogP contribution >= 0.6 is 0 Å². The fourth-order valence-corrected chi connectivity index (χ4v) is 0.183. The molecule has 0 heterocycles. The van der Waals surface area contributed by atoms with Gasteiger partial charge < -0.3 is 4.74 Å². The van der Waals surface area contributed by atoms with Gasteiger partial charge in [-0.1, -0.05) is 6.58 Å². The first-order valence-electron chi connectivity index (χ1n) is 2.01. The van der Waals surface area contributed by atoms with Crippen LogP contribution in [-0.4, -0.2) is 41.5 Å². The van der Waals surface area contributed by atoms with E-state index in [4.69, 9.17) is 0 Å². The molecule has 0 rings (SSSR count). The van der Waals surface area contributed by atoms with Crippen molar-refractivity contribution >= 4 is 41.5 Å². The van der Waals surface area contributed by atoms with Gasteiger partial charge in [-0.05, 0) is 0 Å². The third kappa shape index (κ3) is 7.88. The number of rotatable bonds is 1. The Kier molecular flexibility index (Phi) is 7.77. The molecule has 4 heteroatoms. The number of ether oxygens (including phenoxy) is 1. The number of carbonyl (C=O) groups excluding carboxylic acids is 2. The van der Waals surface area contributed by atoms with Crippen molar-refractivity contribution in [3.8, 4) is 0 Å². The van der Waals surface area contributed by atoms with Crippen molar-refractivity contribution in [1.82, 2.24) is 0 Å². The molecule has 46 valence electrons. The van der Waals surface area contributed by atoms with E-state index in [9.17, 15) is 9.59 Å². The van der Waals surface area contributed by atoms with Gasteiger partial charge in [0, 0.05) is 13.0 Å². The first-order chi connectivity index (χ1) is 3.66. The molecule has 0 fully saturated rings. The Morgan fingerprint density at radius 3 is 2.11 bits per heavy atom. The molecule has 0 amide bonds. The van der Waals surface area contributed by atoms with Crippen molar-refractivity contribution in [2.45, 2.75) is 6.92 Å². The van der Waals surface area contributed by atoms with Crippen LogP contribution in [0.3, 0.4) is 0 Å². The van der Waals surface area contributed by atoms with Gasteiger partial charge in [0.15, 0.2) is 0 Å². The summed E-state index contributed by atoms with van der Waals surface area (Å²) in [5.41, 5.74) is 0. The zero-order valence-corrected chi connectivity index (χ0v) is 4.51. The van der Waals surface area contributed by atoms with Crippen LogP contribution in [0.2, 0.25) is 0 Å². The average molecular weight is 138 g/mol. The van der Waals surface area contributed by atoms with Crippen molar-refractivity contribution in [2.24, 2.45) is 0 Å². The van der Waals surface area contributed by atoms with Crippen LogP contribution in [0.5, 0.6) is 0 Å². The predicted molar refractivity (Wildman–Crippen MR) is 34.1 cm³/mol. The van der Waals surface area contributed by atoms with Crippen LogP contribution in [-0.2, 0) is 14.3 Å². The van der Waals surface area contributed by atoms with Gasteiger partial charge >= 0.3 is 41.5 Å². The number of hydrogen-bond donors (Lipinski definition) is 0. The van der Waals surface area contributed by atoms with E-state index in [1.54, 1.807) is 0 Å². The van der Waals surface area contributed by atoms with E-state index in [0.717, 1.165) is 13.0 Å². The molecule has 0 aliphatic heterocycles. The molecule has 0 aliphatic rings. The molecule has 0 unspecified atom stereocenters. The van der Waals surface area contributed by atoms with Gasteiger partial charge in [-0.3, -0.25) is 4.79 Å². The molecule has 0 aromatic heterocycles. The van der Waals surface area contributed by atoms with Crippen LogP contribution in [0.15, 0.2) is 12.7 Å². The number of hydrogen-bond acceptors (Lipinski definition) is 3. The van der Waals surface area contributed by atoms with Gasteiger partial charge in [-0.2, -0.15) is 0 Å². The molecule has 0 aromatic rings. The molecular formula is C5H7NaO3. The quantitative estimate of drug-likeness (QED) is 0.214. The predicted octanol–water partition coefficient (Wildman–Crippen LogP) is -0.386. The first kappa shape index (κ1) is 11.6. The summed E-state index contributed by atoms with van der Waals surface area (Å²) in [6.45, 7) is 4.24. The van der Waals surface area contributed by atoms with E-state index >= 15 is 0 Å². The summed E-state index contributed by atoms with van der Waals surface area (Å²) in [6.07, 6.45) is 0.932. The molecule has 3 nitrogen and oxygen atoms in total. The third-order valence-electron chi connectivity index (χ3n) is 0.411. The fourth-order valence-electron chi connectivity index (χ4n) is 0.183. The Balaban J connectivity index is 0.